The molecule has 57 heavy (non-hydrogen) atoms. The van der Waals surface area contributed by atoms with Gasteiger partial charge in [-0.05, 0) is 94.5 Å². The molecular weight excluding hydrogens is 758 g/mol. The summed E-state index contributed by atoms with van der Waals surface area (Å²) in [5.41, 5.74) is 1.30. The van der Waals surface area contributed by atoms with Crippen molar-refractivity contribution in [1.29, 1.82) is 0 Å². The summed E-state index contributed by atoms with van der Waals surface area (Å²) in [4.78, 5) is 70.0. The number of benzene rings is 3. The molecular formula is C41H46FN5O9S. The van der Waals surface area contributed by atoms with Crippen molar-refractivity contribution in [2.24, 2.45) is 5.41 Å². The van der Waals surface area contributed by atoms with Gasteiger partial charge in [-0.1, -0.05) is 36.3 Å². The van der Waals surface area contributed by atoms with Crippen molar-refractivity contribution in [3.05, 3.63) is 105 Å². The van der Waals surface area contributed by atoms with E-state index in [1.165, 1.54) is 16.7 Å². The largest absolute Gasteiger partial charge is 0.459 e. The third kappa shape index (κ3) is 12.0. The predicted octanol–water partition coefficient (Wildman–Crippen LogP) is 4.43. The summed E-state index contributed by atoms with van der Waals surface area (Å²) >= 11 is 0. The highest BCUT2D eigenvalue weighted by molar-refractivity contribution is 7.90. The Labute approximate surface area is 330 Å². The fourth-order valence-corrected chi connectivity index (χ4v) is 6.78. The van der Waals surface area contributed by atoms with Crippen molar-refractivity contribution >= 4 is 50.4 Å². The number of aryl methyl sites for hydroxylation is 2. The Bertz CT molecular complexity index is 2370. The minimum atomic E-state index is -3.99. The molecule has 0 aliphatic carbocycles. The number of aromatic nitrogens is 2. The van der Waals surface area contributed by atoms with Crippen LogP contribution in [-0.4, -0.2) is 60.1 Å². The summed E-state index contributed by atoms with van der Waals surface area (Å²) in [7, 11) is -3.99. The summed E-state index contributed by atoms with van der Waals surface area (Å²) in [6.45, 7) is 9.36. The average Bonchev–Trinajstić information content (AvgIpc) is 3.12. The van der Waals surface area contributed by atoms with E-state index in [4.69, 9.17) is 15.9 Å². The summed E-state index contributed by atoms with van der Waals surface area (Å²) in [6, 6.07) is 14.6. The molecule has 14 nitrogen and oxygen atoms in total. The van der Waals surface area contributed by atoms with E-state index in [0.29, 0.717) is 28.2 Å². The van der Waals surface area contributed by atoms with Gasteiger partial charge in [0.2, 0.25) is 15.9 Å². The van der Waals surface area contributed by atoms with Crippen LogP contribution in [0.2, 0.25) is 0 Å². The number of fused-ring (bicyclic) bond motifs is 1. The number of carbonyl (C=O) groups is 4. The number of anilines is 1. The van der Waals surface area contributed by atoms with E-state index in [1.54, 1.807) is 75.1 Å². The van der Waals surface area contributed by atoms with Crippen LogP contribution in [0.15, 0.2) is 65.5 Å². The van der Waals surface area contributed by atoms with Crippen LogP contribution in [0.1, 0.15) is 73.4 Å². The molecule has 0 aliphatic rings. The zero-order valence-electron chi connectivity index (χ0n) is 32.7. The lowest BCUT2D eigenvalue weighted by Crippen LogP contribution is -2.42. The number of sulfonamides is 1. The van der Waals surface area contributed by atoms with E-state index < -0.39 is 67.9 Å². The highest BCUT2D eigenvalue weighted by atomic mass is 32.2. The molecule has 0 fully saturated rings. The van der Waals surface area contributed by atoms with E-state index >= 15 is 4.39 Å². The highest BCUT2D eigenvalue weighted by Gasteiger charge is 2.27. The van der Waals surface area contributed by atoms with Gasteiger partial charge in [-0.25, -0.2) is 22.6 Å². The third-order valence-corrected chi connectivity index (χ3v) is 10.2. The molecule has 4 rings (SSSR count). The van der Waals surface area contributed by atoms with Gasteiger partial charge in [0.25, 0.3) is 11.5 Å². The Hall–Kier alpha value is -6.08. The minimum Gasteiger partial charge on any atom is -0.459 e. The van der Waals surface area contributed by atoms with Crippen molar-refractivity contribution < 1.29 is 41.5 Å². The zero-order chi connectivity index (χ0) is 42.1. The molecule has 0 saturated heterocycles. The molecule has 2 amide bonds. The second-order valence-electron chi connectivity index (χ2n) is 14.5. The fourth-order valence-electron chi connectivity index (χ4n) is 5.69. The van der Waals surface area contributed by atoms with E-state index in [0.717, 1.165) is 18.6 Å². The molecule has 0 spiro atoms. The fraction of sp³-hybridized carbons (Fsp3) is 0.366. The van der Waals surface area contributed by atoms with E-state index in [-0.39, 0.29) is 44.7 Å². The number of nitrogens with one attached hydrogen (secondary N) is 2. The third-order valence-electron chi connectivity index (χ3n) is 8.76. The van der Waals surface area contributed by atoms with E-state index in [1.807, 2.05) is 11.6 Å². The maximum atomic E-state index is 15.8. The maximum Gasteiger partial charge on any atom is 0.328 e. The quantitative estimate of drug-likeness (QED) is 0.121. The number of ether oxygens (including phenoxy) is 2. The Morgan fingerprint density at radius 1 is 1.04 bits per heavy atom. The molecule has 0 bridgehead atoms. The smallest absolute Gasteiger partial charge is 0.328 e. The first-order chi connectivity index (χ1) is 26.8. The molecule has 0 aliphatic heterocycles. The number of amides is 2. The first kappa shape index (κ1) is 43.6. The SMILES string of the molecule is C#CCN(Cc1cc2c(=O)n(COC(=O)C(C)(C)C)c(C)nc2cc1C)c1ccc(C(=O)N[C@@H](CCCS(=O)(=O)NC(C)=O)C(=O)OCc2ccccc2)c(F)c1. The lowest BCUT2D eigenvalue weighted by molar-refractivity contribution is -0.157. The van der Waals surface area contributed by atoms with Gasteiger partial charge in [-0.3, -0.25) is 28.5 Å². The standard InChI is InChI=1S/C41H46FN5O9S/c1-8-18-46(23-30-21-33-36(20-26(30)2)43-27(3)47(38(33)50)25-56-40(52)41(5,6)7)31-16-17-32(34(42)22-31)37(49)44-35(15-12-19-57(53,54)45-28(4)48)39(51)55-24-29-13-10-9-11-14-29/h1,9-11,13-14,16-17,20-22,35H,12,15,18-19,23-25H2,2-7H3,(H,44,49)(H,45,48)/t35-/m0/s1. The lowest BCUT2D eigenvalue weighted by atomic mass is 9.98. The van der Waals surface area contributed by atoms with Gasteiger partial charge < -0.3 is 19.7 Å². The summed E-state index contributed by atoms with van der Waals surface area (Å²) in [5, 5.41) is 2.74. The first-order valence-corrected chi connectivity index (χ1v) is 19.6. The molecule has 0 radical (unpaired) electrons. The maximum absolute atomic E-state index is 15.8. The zero-order valence-corrected chi connectivity index (χ0v) is 33.5. The number of nitrogens with zero attached hydrogens (tertiary/aromatic N) is 3. The molecule has 1 aromatic heterocycles. The second kappa shape index (κ2) is 18.7. The molecule has 302 valence electrons. The normalized spacial score (nSPS) is 12.0. The number of halogens is 1. The molecule has 3 aromatic carbocycles. The topological polar surface area (TPSA) is 183 Å². The average molecular weight is 804 g/mol. The van der Waals surface area contributed by atoms with Gasteiger partial charge in [-0.2, -0.15) is 0 Å². The number of hydrogen-bond acceptors (Lipinski definition) is 11. The van der Waals surface area contributed by atoms with E-state index in [9.17, 15) is 32.4 Å². The van der Waals surface area contributed by atoms with Gasteiger partial charge in [0, 0.05) is 19.2 Å². The highest BCUT2D eigenvalue weighted by Crippen LogP contribution is 2.25. The molecule has 0 unspecified atom stereocenters. The van der Waals surface area contributed by atoms with Crippen molar-refractivity contribution in [3.8, 4) is 12.3 Å². The van der Waals surface area contributed by atoms with Crippen LogP contribution in [-0.2, 0) is 53.8 Å². The number of terminal acetylenes is 1. The number of carbonyl (C=O) groups excluding carboxylic acids is 4. The predicted molar refractivity (Wildman–Crippen MR) is 212 cm³/mol. The van der Waals surface area contributed by atoms with Crippen LogP contribution in [0.25, 0.3) is 10.9 Å². The number of esters is 2. The Balaban J connectivity index is 1.56. The van der Waals surface area contributed by atoms with Crippen LogP contribution in [0, 0.1) is 37.4 Å². The van der Waals surface area contributed by atoms with Gasteiger partial charge in [-0.15, -0.1) is 6.42 Å². The van der Waals surface area contributed by atoms with Gasteiger partial charge >= 0.3 is 11.9 Å². The minimum absolute atomic E-state index is 0.0261. The van der Waals surface area contributed by atoms with E-state index in [2.05, 4.69) is 16.2 Å². The number of rotatable bonds is 16. The first-order valence-electron chi connectivity index (χ1n) is 18.0. The molecule has 16 heteroatoms. The van der Waals surface area contributed by atoms with Crippen molar-refractivity contribution in [1.82, 2.24) is 19.6 Å². The lowest BCUT2D eigenvalue weighted by Gasteiger charge is -2.24. The molecule has 1 atom stereocenters. The number of hydrogen-bond donors (Lipinski definition) is 2. The Morgan fingerprint density at radius 2 is 1.74 bits per heavy atom. The van der Waals surface area contributed by atoms with Crippen molar-refractivity contribution in [2.45, 2.75) is 80.3 Å². The van der Waals surface area contributed by atoms with Crippen LogP contribution in [0.3, 0.4) is 0 Å². The van der Waals surface area contributed by atoms with Crippen molar-refractivity contribution in [2.75, 3.05) is 17.2 Å². The monoisotopic (exact) mass is 803 g/mol. The summed E-state index contributed by atoms with van der Waals surface area (Å²) < 4.78 is 54.0. The van der Waals surface area contributed by atoms with Crippen LogP contribution in [0.4, 0.5) is 10.1 Å². The summed E-state index contributed by atoms with van der Waals surface area (Å²) in [6.07, 6.45) is 5.36. The van der Waals surface area contributed by atoms with Crippen LogP contribution in [0.5, 0.6) is 0 Å². The Kier molecular flexibility index (Phi) is 14.3. The second-order valence-corrected chi connectivity index (χ2v) is 16.3. The van der Waals surface area contributed by atoms with Crippen LogP contribution < -0.4 is 20.5 Å². The van der Waals surface area contributed by atoms with Crippen molar-refractivity contribution in [3.63, 3.8) is 0 Å². The molecule has 0 saturated carbocycles. The Morgan fingerprint density at radius 3 is 2.37 bits per heavy atom. The van der Waals surface area contributed by atoms with Gasteiger partial charge in [0.15, 0.2) is 6.73 Å². The summed E-state index contributed by atoms with van der Waals surface area (Å²) in [5.74, 6) is -1.61. The molecule has 2 N–H and O–H groups in total. The van der Waals surface area contributed by atoms with Gasteiger partial charge in [0.1, 0.15) is 24.3 Å². The molecule has 1 heterocycles. The van der Waals surface area contributed by atoms with Crippen LogP contribution >= 0.6 is 0 Å². The molecule has 4 aromatic rings. The van der Waals surface area contributed by atoms with Gasteiger partial charge in [0.05, 0.1) is 34.2 Å².